The summed E-state index contributed by atoms with van der Waals surface area (Å²) in [6, 6.07) is 7.75. The molecule has 0 bridgehead atoms. The molecule has 92 valence electrons. The van der Waals surface area contributed by atoms with Crippen LogP contribution in [-0.4, -0.2) is 19.1 Å². The van der Waals surface area contributed by atoms with E-state index < -0.39 is 0 Å². The van der Waals surface area contributed by atoms with Crippen LogP contribution in [0.2, 0.25) is 0 Å². The third-order valence-electron chi connectivity index (χ3n) is 3.04. The molecule has 3 rings (SSSR count). The molecule has 0 aliphatic rings. The van der Waals surface area contributed by atoms with Crippen LogP contribution in [0.15, 0.2) is 47.8 Å². The molecule has 0 spiro atoms. The quantitative estimate of drug-likeness (QED) is 0.755. The summed E-state index contributed by atoms with van der Waals surface area (Å²) in [4.78, 5) is 18.7. The Morgan fingerprint density at radius 3 is 2.94 bits per heavy atom. The monoisotopic (exact) mass is 242 g/mol. The Balaban J connectivity index is 1.78. The summed E-state index contributed by atoms with van der Waals surface area (Å²) in [5.74, 6) is 0. The number of aromatic amines is 1. The molecule has 5 nitrogen and oxygen atoms in total. The largest absolute Gasteiger partial charge is 0.337 e. The zero-order valence-electron chi connectivity index (χ0n) is 9.91. The van der Waals surface area contributed by atoms with E-state index in [1.807, 2.05) is 35.0 Å². The molecule has 0 aliphatic heterocycles. The summed E-state index contributed by atoms with van der Waals surface area (Å²) < 4.78 is 3.80. The van der Waals surface area contributed by atoms with Crippen molar-refractivity contribution in [3.05, 3.63) is 53.5 Å². The summed E-state index contributed by atoms with van der Waals surface area (Å²) in [5, 5.41) is 0. The fourth-order valence-electron chi connectivity index (χ4n) is 2.16. The van der Waals surface area contributed by atoms with Gasteiger partial charge >= 0.3 is 5.69 Å². The number of nitrogens with one attached hydrogen (secondary N) is 1. The van der Waals surface area contributed by atoms with Crippen LogP contribution in [0.3, 0.4) is 0 Å². The Kier molecular flexibility index (Phi) is 2.72. The van der Waals surface area contributed by atoms with Crippen molar-refractivity contribution in [1.29, 1.82) is 0 Å². The lowest BCUT2D eigenvalue weighted by atomic mass is 10.3. The molecule has 0 unspecified atom stereocenters. The third kappa shape index (κ3) is 1.95. The first-order valence-corrected chi connectivity index (χ1v) is 5.98. The van der Waals surface area contributed by atoms with Crippen LogP contribution in [0, 0.1) is 0 Å². The average Bonchev–Trinajstić information content (AvgIpc) is 2.98. The van der Waals surface area contributed by atoms with Gasteiger partial charge in [0.2, 0.25) is 0 Å². The molecule has 2 heterocycles. The molecular weight excluding hydrogens is 228 g/mol. The van der Waals surface area contributed by atoms with Crippen LogP contribution in [0.4, 0.5) is 0 Å². The van der Waals surface area contributed by atoms with Crippen LogP contribution in [0.25, 0.3) is 11.0 Å². The molecule has 18 heavy (non-hydrogen) atoms. The highest BCUT2D eigenvalue weighted by atomic mass is 16.1. The summed E-state index contributed by atoms with van der Waals surface area (Å²) in [5.41, 5.74) is 1.82. The number of aromatic nitrogens is 4. The number of rotatable bonds is 4. The second-order valence-corrected chi connectivity index (χ2v) is 4.25. The lowest BCUT2D eigenvalue weighted by Gasteiger charge is -2.04. The Hall–Kier alpha value is -2.30. The first kappa shape index (κ1) is 10.8. The predicted octanol–water partition coefficient (Wildman–Crippen LogP) is 1.62. The standard InChI is InChI=1S/C13H14N4O/c18-13-15-11-4-1-2-5-12(11)17(13)8-3-7-16-9-6-14-10-16/h1-2,4-6,9-10H,3,7-8H2,(H,15,18). The van der Waals surface area contributed by atoms with Gasteiger partial charge in [-0.2, -0.15) is 0 Å². The normalized spacial score (nSPS) is 11.1. The number of nitrogens with zero attached hydrogens (tertiary/aromatic N) is 3. The molecular formula is C13H14N4O. The van der Waals surface area contributed by atoms with E-state index in [-0.39, 0.29) is 5.69 Å². The molecule has 0 atom stereocenters. The van der Waals surface area contributed by atoms with E-state index in [4.69, 9.17) is 0 Å². The fourth-order valence-corrected chi connectivity index (χ4v) is 2.16. The molecule has 0 amide bonds. The highest BCUT2D eigenvalue weighted by Crippen LogP contribution is 2.09. The smallest absolute Gasteiger partial charge is 0.326 e. The number of para-hydroxylation sites is 2. The second kappa shape index (κ2) is 4.52. The number of benzene rings is 1. The summed E-state index contributed by atoms with van der Waals surface area (Å²) >= 11 is 0. The molecule has 1 aromatic carbocycles. The van der Waals surface area contributed by atoms with Gasteiger partial charge < -0.3 is 9.55 Å². The van der Waals surface area contributed by atoms with E-state index in [1.165, 1.54) is 0 Å². The van der Waals surface area contributed by atoms with Gasteiger partial charge in [-0.15, -0.1) is 0 Å². The van der Waals surface area contributed by atoms with Crippen molar-refractivity contribution in [2.75, 3.05) is 0 Å². The summed E-state index contributed by atoms with van der Waals surface area (Å²) in [7, 11) is 0. The SMILES string of the molecule is O=c1[nH]c2ccccc2n1CCCn1ccnc1. The zero-order valence-corrected chi connectivity index (χ0v) is 9.91. The molecule has 0 aliphatic carbocycles. The molecule has 5 heteroatoms. The highest BCUT2D eigenvalue weighted by Gasteiger charge is 2.04. The number of H-pyrrole nitrogens is 1. The van der Waals surface area contributed by atoms with E-state index in [9.17, 15) is 4.79 Å². The molecule has 0 radical (unpaired) electrons. The fraction of sp³-hybridized carbons (Fsp3) is 0.231. The molecule has 0 fully saturated rings. The molecule has 2 aromatic heterocycles. The van der Waals surface area contributed by atoms with Gasteiger partial charge in [-0.05, 0) is 18.6 Å². The van der Waals surface area contributed by atoms with Crippen molar-refractivity contribution in [2.24, 2.45) is 0 Å². The minimum atomic E-state index is -0.0400. The van der Waals surface area contributed by atoms with Gasteiger partial charge in [0.25, 0.3) is 0 Å². The van der Waals surface area contributed by atoms with Crippen LogP contribution in [-0.2, 0) is 13.1 Å². The predicted molar refractivity (Wildman–Crippen MR) is 69.4 cm³/mol. The average molecular weight is 242 g/mol. The minimum Gasteiger partial charge on any atom is -0.337 e. The van der Waals surface area contributed by atoms with Crippen molar-refractivity contribution in [3.63, 3.8) is 0 Å². The van der Waals surface area contributed by atoms with Crippen molar-refractivity contribution < 1.29 is 0 Å². The van der Waals surface area contributed by atoms with Gasteiger partial charge in [0.05, 0.1) is 17.4 Å². The summed E-state index contributed by atoms with van der Waals surface area (Å²) in [6.45, 7) is 1.58. The molecule has 0 saturated heterocycles. The van der Waals surface area contributed by atoms with Crippen LogP contribution < -0.4 is 5.69 Å². The van der Waals surface area contributed by atoms with Crippen molar-refractivity contribution in [2.45, 2.75) is 19.5 Å². The lowest BCUT2D eigenvalue weighted by molar-refractivity contribution is 0.562. The van der Waals surface area contributed by atoms with E-state index in [1.54, 1.807) is 17.1 Å². The number of hydrogen-bond donors (Lipinski definition) is 1. The van der Waals surface area contributed by atoms with Gasteiger partial charge in [-0.1, -0.05) is 12.1 Å². The van der Waals surface area contributed by atoms with Crippen LogP contribution >= 0.6 is 0 Å². The van der Waals surface area contributed by atoms with Gasteiger partial charge in [0, 0.05) is 25.5 Å². The summed E-state index contributed by atoms with van der Waals surface area (Å²) in [6.07, 6.45) is 6.38. The van der Waals surface area contributed by atoms with Crippen LogP contribution in [0.5, 0.6) is 0 Å². The maximum absolute atomic E-state index is 11.8. The van der Waals surface area contributed by atoms with Crippen molar-refractivity contribution in [1.82, 2.24) is 19.1 Å². The van der Waals surface area contributed by atoms with Crippen molar-refractivity contribution in [3.8, 4) is 0 Å². The number of hydrogen-bond acceptors (Lipinski definition) is 2. The second-order valence-electron chi connectivity index (χ2n) is 4.25. The number of imidazole rings is 2. The molecule has 3 aromatic rings. The zero-order chi connectivity index (χ0) is 12.4. The van der Waals surface area contributed by atoms with Gasteiger partial charge in [0.1, 0.15) is 0 Å². The first-order chi connectivity index (χ1) is 8.84. The van der Waals surface area contributed by atoms with E-state index in [2.05, 4.69) is 9.97 Å². The Morgan fingerprint density at radius 1 is 1.22 bits per heavy atom. The number of aryl methyl sites for hydroxylation is 2. The lowest BCUT2D eigenvalue weighted by Crippen LogP contribution is -2.17. The maximum atomic E-state index is 11.8. The Labute approximate surface area is 104 Å². The van der Waals surface area contributed by atoms with E-state index >= 15 is 0 Å². The topological polar surface area (TPSA) is 55.6 Å². The maximum Gasteiger partial charge on any atom is 0.326 e. The highest BCUT2D eigenvalue weighted by molar-refractivity contribution is 5.74. The Bertz CT molecular complexity index is 693. The van der Waals surface area contributed by atoms with Gasteiger partial charge in [-0.3, -0.25) is 4.57 Å². The van der Waals surface area contributed by atoms with Gasteiger partial charge in [-0.25, -0.2) is 9.78 Å². The van der Waals surface area contributed by atoms with E-state index in [0.29, 0.717) is 6.54 Å². The molecule has 1 N–H and O–H groups in total. The minimum absolute atomic E-state index is 0.0400. The number of fused-ring (bicyclic) bond motifs is 1. The van der Waals surface area contributed by atoms with Gasteiger partial charge in [0.15, 0.2) is 0 Å². The Morgan fingerprint density at radius 2 is 2.11 bits per heavy atom. The first-order valence-electron chi connectivity index (χ1n) is 5.98. The van der Waals surface area contributed by atoms with E-state index in [0.717, 1.165) is 24.0 Å². The van der Waals surface area contributed by atoms with Crippen LogP contribution in [0.1, 0.15) is 6.42 Å². The van der Waals surface area contributed by atoms with Crippen molar-refractivity contribution >= 4 is 11.0 Å². The third-order valence-corrected chi connectivity index (χ3v) is 3.04. The molecule has 0 saturated carbocycles.